The number of hydrogen-bond acceptors (Lipinski definition) is 10. The molecule has 2 heterocycles. The summed E-state index contributed by atoms with van der Waals surface area (Å²) in [5.41, 5.74) is 0.743. The van der Waals surface area contributed by atoms with E-state index in [4.69, 9.17) is 23.2 Å². The summed E-state index contributed by atoms with van der Waals surface area (Å²) in [5, 5.41) is 3.89. The molecular formula is C23H20N2O8S. The van der Waals surface area contributed by atoms with E-state index >= 15 is 0 Å². The number of esters is 1. The van der Waals surface area contributed by atoms with Crippen LogP contribution in [-0.2, 0) is 26.9 Å². The van der Waals surface area contributed by atoms with Gasteiger partial charge in [0, 0.05) is 11.6 Å². The molecule has 0 aliphatic rings. The second kappa shape index (κ2) is 9.79. The number of rotatable bonds is 9. The molecule has 34 heavy (non-hydrogen) atoms. The van der Waals surface area contributed by atoms with Gasteiger partial charge in [0.25, 0.3) is 5.89 Å². The lowest BCUT2D eigenvalue weighted by atomic mass is 10.2. The van der Waals surface area contributed by atoms with Gasteiger partial charge in [-0.1, -0.05) is 23.4 Å². The van der Waals surface area contributed by atoms with Crippen molar-refractivity contribution in [2.75, 3.05) is 14.2 Å². The fraction of sp³-hybridized carbons (Fsp3) is 0.174. The number of carbonyl (C=O) groups is 1. The van der Waals surface area contributed by atoms with Gasteiger partial charge in [0.2, 0.25) is 11.6 Å². The average Bonchev–Trinajstić information content (AvgIpc) is 3.52. The Morgan fingerprint density at radius 1 is 1.03 bits per heavy atom. The molecule has 0 spiro atoms. The molecule has 0 fully saturated rings. The van der Waals surface area contributed by atoms with Crippen LogP contribution in [0.3, 0.4) is 0 Å². The molecule has 2 aromatic heterocycles. The molecule has 4 rings (SSSR count). The highest BCUT2D eigenvalue weighted by atomic mass is 32.2. The maximum atomic E-state index is 12.6. The van der Waals surface area contributed by atoms with E-state index in [1.807, 2.05) is 0 Å². The number of sulfone groups is 1. The highest BCUT2D eigenvalue weighted by Gasteiger charge is 2.24. The van der Waals surface area contributed by atoms with E-state index < -0.39 is 21.6 Å². The highest BCUT2D eigenvalue weighted by Crippen LogP contribution is 2.31. The molecule has 0 saturated carbocycles. The van der Waals surface area contributed by atoms with Crippen LogP contribution >= 0.6 is 0 Å². The van der Waals surface area contributed by atoms with Crippen LogP contribution in [0.4, 0.5) is 0 Å². The first-order valence-electron chi connectivity index (χ1n) is 9.97. The summed E-state index contributed by atoms with van der Waals surface area (Å²) in [6, 6.07) is 14.4. The molecule has 10 nitrogen and oxygen atoms in total. The zero-order valence-corrected chi connectivity index (χ0v) is 19.1. The zero-order valence-electron chi connectivity index (χ0n) is 18.3. The van der Waals surface area contributed by atoms with E-state index in [0.717, 1.165) is 0 Å². The minimum atomic E-state index is -3.67. The van der Waals surface area contributed by atoms with Gasteiger partial charge in [-0.25, -0.2) is 13.2 Å². The van der Waals surface area contributed by atoms with Gasteiger partial charge in [-0.2, -0.15) is 4.98 Å². The lowest BCUT2D eigenvalue weighted by Crippen LogP contribution is -2.10. The van der Waals surface area contributed by atoms with Crippen LogP contribution in [-0.4, -0.2) is 38.7 Å². The summed E-state index contributed by atoms with van der Waals surface area (Å²) in [7, 11) is -0.636. The maximum Gasteiger partial charge on any atom is 0.375 e. The standard InChI is InChI=1S/C23H20N2O8S/c1-29-16-8-9-18(19(12-16)30-2)22-24-20(33-25-22)13-32-23(26)21-15(10-11-31-21)14-34(27,28)17-6-4-3-5-7-17/h3-12H,13-14H2,1-2H3. The van der Waals surface area contributed by atoms with Gasteiger partial charge in [0.1, 0.15) is 11.5 Å². The predicted octanol–water partition coefficient (Wildman–Crippen LogP) is 3.68. The summed E-state index contributed by atoms with van der Waals surface area (Å²) in [4.78, 5) is 16.9. The summed E-state index contributed by atoms with van der Waals surface area (Å²) < 4.78 is 51.3. The van der Waals surface area contributed by atoms with E-state index in [2.05, 4.69) is 10.1 Å². The summed E-state index contributed by atoms with van der Waals surface area (Å²) >= 11 is 0. The average molecular weight is 484 g/mol. The Morgan fingerprint density at radius 2 is 1.82 bits per heavy atom. The number of ether oxygens (including phenoxy) is 3. The Kier molecular flexibility index (Phi) is 6.64. The normalized spacial score (nSPS) is 11.2. The van der Waals surface area contributed by atoms with Crippen LogP contribution in [0.1, 0.15) is 22.0 Å². The molecule has 2 aromatic carbocycles. The molecule has 11 heteroatoms. The van der Waals surface area contributed by atoms with Crippen molar-refractivity contribution in [3.8, 4) is 22.9 Å². The third-order valence-electron chi connectivity index (χ3n) is 4.82. The Morgan fingerprint density at radius 3 is 2.56 bits per heavy atom. The fourth-order valence-corrected chi connectivity index (χ4v) is 4.52. The minimum absolute atomic E-state index is 0.0336. The largest absolute Gasteiger partial charge is 0.497 e. The Labute approximate surface area is 195 Å². The smallest absolute Gasteiger partial charge is 0.375 e. The molecular weight excluding hydrogens is 464 g/mol. The monoisotopic (exact) mass is 484 g/mol. The Balaban J connectivity index is 1.44. The van der Waals surface area contributed by atoms with E-state index in [1.165, 1.54) is 38.7 Å². The van der Waals surface area contributed by atoms with Gasteiger partial charge in [-0.15, -0.1) is 0 Å². The van der Waals surface area contributed by atoms with Crippen LogP contribution in [0.15, 0.2) is 74.7 Å². The van der Waals surface area contributed by atoms with E-state index in [9.17, 15) is 13.2 Å². The molecule has 4 aromatic rings. The van der Waals surface area contributed by atoms with Crippen molar-refractivity contribution in [3.63, 3.8) is 0 Å². The van der Waals surface area contributed by atoms with Crippen LogP contribution in [0.2, 0.25) is 0 Å². The molecule has 0 aliphatic heterocycles. The summed E-state index contributed by atoms with van der Waals surface area (Å²) in [6.07, 6.45) is 1.23. The Hall–Kier alpha value is -4.12. The quantitative estimate of drug-likeness (QED) is 0.324. The van der Waals surface area contributed by atoms with Gasteiger partial charge in [-0.05, 0) is 30.3 Å². The maximum absolute atomic E-state index is 12.6. The van der Waals surface area contributed by atoms with Crippen molar-refractivity contribution in [2.24, 2.45) is 0 Å². The number of carbonyl (C=O) groups excluding carboxylic acids is 1. The third kappa shape index (κ3) is 4.94. The first-order chi connectivity index (χ1) is 16.4. The van der Waals surface area contributed by atoms with Gasteiger partial charge < -0.3 is 23.2 Å². The van der Waals surface area contributed by atoms with Crippen molar-refractivity contribution in [2.45, 2.75) is 17.3 Å². The number of aromatic nitrogens is 2. The van der Waals surface area contributed by atoms with Crippen molar-refractivity contribution in [3.05, 3.63) is 78.1 Å². The number of hydrogen-bond donors (Lipinski definition) is 0. The molecule has 0 saturated heterocycles. The molecule has 176 valence electrons. The first kappa shape index (κ1) is 23.1. The van der Waals surface area contributed by atoms with Gasteiger partial charge >= 0.3 is 5.97 Å². The lowest BCUT2D eigenvalue weighted by Gasteiger charge is -2.07. The van der Waals surface area contributed by atoms with E-state index in [1.54, 1.807) is 36.4 Å². The zero-order chi connectivity index (χ0) is 24.1. The van der Waals surface area contributed by atoms with Gasteiger partial charge in [-0.3, -0.25) is 0 Å². The van der Waals surface area contributed by atoms with E-state index in [-0.39, 0.29) is 34.5 Å². The fourth-order valence-electron chi connectivity index (χ4n) is 3.14. The van der Waals surface area contributed by atoms with Crippen LogP contribution < -0.4 is 9.47 Å². The Bertz CT molecular complexity index is 1390. The molecule has 0 bridgehead atoms. The van der Waals surface area contributed by atoms with Crippen molar-refractivity contribution in [1.29, 1.82) is 0 Å². The van der Waals surface area contributed by atoms with Crippen LogP contribution in [0.25, 0.3) is 11.4 Å². The second-order valence-electron chi connectivity index (χ2n) is 7.00. The van der Waals surface area contributed by atoms with Crippen LogP contribution in [0, 0.1) is 0 Å². The predicted molar refractivity (Wildman–Crippen MR) is 118 cm³/mol. The van der Waals surface area contributed by atoms with Crippen molar-refractivity contribution in [1.82, 2.24) is 10.1 Å². The topological polar surface area (TPSA) is 131 Å². The van der Waals surface area contributed by atoms with Crippen molar-refractivity contribution >= 4 is 15.8 Å². The minimum Gasteiger partial charge on any atom is -0.497 e. The van der Waals surface area contributed by atoms with Crippen LogP contribution in [0.5, 0.6) is 11.5 Å². The molecule has 0 amide bonds. The summed E-state index contributed by atoms with van der Waals surface area (Å²) in [5.74, 6) is -0.143. The number of nitrogens with zero attached hydrogens (tertiary/aromatic N) is 2. The number of benzene rings is 2. The molecule has 0 N–H and O–H groups in total. The molecule has 0 aliphatic carbocycles. The SMILES string of the molecule is COc1ccc(-c2noc(COC(=O)c3occc3CS(=O)(=O)c3ccccc3)n2)c(OC)c1. The van der Waals surface area contributed by atoms with Crippen molar-refractivity contribution < 1.29 is 36.4 Å². The second-order valence-corrected chi connectivity index (χ2v) is 8.99. The molecule has 0 radical (unpaired) electrons. The molecule has 0 atom stereocenters. The van der Waals surface area contributed by atoms with Gasteiger partial charge in [0.05, 0.1) is 36.7 Å². The van der Waals surface area contributed by atoms with Gasteiger partial charge in [0.15, 0.2) is 16.4 Å². The lowest BCUT2D eigenvalue weighted by molar-refractivity contribution is 0.0392. The summed E-state index contributed by atoms with van der Waals surface area (Å²) in [6.45, 7) is -0.337. The highest BCUT2D eigenvalue weighted by molar-refractivity contribution is 7.90. The molecule has 0 unspecified atom stereocenters. The number of methoxy groups -OCH3 is 2. The number of furan rings is 1. The third-order valence-corrected chi connectivity index (χ3v) is 6.51. The first-order valence-corrected chi connectivity index (χ1v) is 11.6. The van der Waals surface area contributed by atoms with E-state index in [0.29, 0.717) is 17.1 Å².